The van der Waals surface area contributed by atoms with Crippen LogP contribution in [0.3, 0.4) is 0 Å². The Balaban J connectivity index is 1.61. The van der Waals surface area contributed by atoms with Gasteiger partial charge in [-0.15, -0.1) is 0 Å². The average molecular weight is 538 g/mol. The summed E-state index contributed by atoms with van der Waals surface area (Å²) in [5, 5.41) is 0. The summed E-state index contributed by atoms with van der Waals surface area (Å²) < 4.78 is 2.48. The fourth-order valence-electron chi connectivity index (χ4n) is 6.39. The Morgan fingerprint density at radius 1 is 0.564 bits per heavy atom. The highest BCUT2D eigenvalue weighted by atomic mass is 15.1. The van der Waals surface area contributed by atoms with Crippen molar-refractivity contribution in [1.82, 2.24) is 4.98 Å². The van der Waals surface area contributed by atoms with Crippen LogP contribution in [-0.2, 0) is 6.42 Å². The number of H-pyrrole nitrogens is 1. The first-order valence-corrected chi connectivity index (χ1v) is 17.4. The number of unbranched alkanes of at least 4 members (excludes halogenated alkanes) is 19. The standard InChI is InChI=1S/C37H64N2/c1-3-5-7-9-10-11-12-13-14-15-16-17-18-19-20-21-25-29-36(33-35-27-23-22-24-28-35)37(30-26-8-6-4-2)39-32-31-38-34-39/h22-24,27-28,31-32,34,36-37H,3-21,25-26,29-30,33H2,1-2H3/p+1. The van der Waals surface area contributed by atoms with Crippen molar-refractivity contribution < 1.29 is 4.57 Å². The number of nitrogens with one attached hydrogen (secondary N) is 1. The fourth-order valence-corrected chi connectivity index (χ4v) is 6.39. The number of rotatable bonds is 27. The predicted molar refractivity (Wildman–Crippen MR) is 171 cm³/mol. The number of hydrogen-bond donors (Lipinski definition) is 1. The van der Waals surface area contributed by atoms with E-state index in [1.54, 1.807) is 0 Å². The van der Waals surface area contributed by atoms with Gasteiger partial charge >= 0.3 is 0 Å². The van der Waals surface area contributed by atoms with E-state index in [0.29, 0.717) is 12.0 Å². The highest BCUT2D eigenvalue weighted by Gasteiger charge is 2.26. The van der Waals surface area contributed by atoms with Gasteiger partial charge in [-0.2, -0.15) is 0 Å². The molecule has 2 atom stereocenters. The first-order chi connectivity index (χ1) is 19.3. The minimum Gasteiger partial charge on any atom is -0.250 e. The van der Waals surface area contributed by atoms with E-state index >= 15 is 0 Å². The molecule has 0 bridgehead atoms. The maximum atomic E-state index is 3.32. The molecule has 0 spiro atoms. The molecule has 0 amide bonds. The molecule has 2 nitrogen and oxygen atoms in total. The van der Waals surface area contributed by atoms with Gasteiger partial charge in [0, 0.05) is 5.92 Å². The molecule has 0 saturated heterocycles. The molecule has 0 aliphatic rings. The van der Waals surface area contributed by atoms with E-state index in [0.717, 1.165) is 0 Å². The molecule has 0 radical (unpaired) electrons. The number of nitrogens with zero attached hydrogens (tertiary/aromatic N) is 1. The molecule has 0 aliphatic heterocycles. The molecule has 2 aromatic rings. The minimum absolute atomic E-state index is 0.606. The number of aromatic nitrogens is 2. The quantitative estimate of drug-likeness (QED) is 0.0863. The van der Waals surface area contributed by atoms with Gasteiger partial charge in [-0.05, 0) is 31.2 Å². The van der Waals surface area contributed by atoms with Crippen LogP contribution >= 0.6 is 0 Å². The van der Waals surface area contributed by atoms with Crippen molar-refractivity contribution in [3.63, 3.8) is 0 Å². The van der Waals surface area contributed by atoms with Gasteiger partial charge in [0.05, 0.1) is 0 Å². The Hall–Kier alpha value is -1.57. The number of benzene rings is 1. The van der Waals surface area contributed by atoms with Crippen LogP contribution in [0.25, 0.3) is 0 Å². The van der Waals surface area contributed by atoms with Gasteiger partial charge in [-0.1, -0.05) is 173 Å². The second-order valence-corrected chi connectivity index (χ2v) is 12.4. The zero-order valence-corrected chi connectivity index (χ0v) is 26.2. The van der Waals surface area contributed by atoms with E-state index in [4.69, 9.17) is 0 Å². The summed E-state index contributed by atoms with van der Waals surface area (Å²) in [6.45, 7) is 4.62. The SMILES string of the molecule is CCCCCCCCCCCCCCCCCCCC(Cc1ccccc1)C(CCCCCC)[n+]1cc[nH]c1. The first kappa shape index (κ1) is 33.6. The summed E-state index contributed by atoms with van der Waals surface area (Å²) >= 11 is 0. The van der Waals surface area contributed by atoms with Gasteiger partial charge < -0.3 is 0 Å². The third-order valence-electron chi connectivity index (χ3n) is 8.87. The Morgan fingerprint density at radius 3 is 1.51 bits per heavy atom. The average Bonchev–Trinajstić information content (AvgIpc) is 3.49. The molecule has 1 N–H and O–H groups in total. The Bertz CT molecular complexity index is 738. The molecule has 2 heteroatoms. The molecule has 1 aromatic carbocycles. The van der Waals surface area contributed by atoms with Gasteiger partial charge in [-0.25, -0.2) is 4.57 Å². The minimum atomic E-state index is 0.606. The monoisotopic (exact) mass is 538 g/mol. The second-order valence-electron chi connectivity index (χ2n) is 12.4. The summed E-state index contributed by atoms with van der Waals surface area (Å²) in [7, 11) is 0. The van der Waals surface area contributed by atoms with Crippen molar-refractivity contribution in [2.75, 3.05) is 0 Å². The lowest BCUT2D eigenvalue weighted by atomic mass is 9.84. The molecule has 39 heavy (non-hydrogen) atoms. The topological polar surface area (TPSA) is 19.7 Å². The van der Waals surface area contributed by atoms with Gasteiger partial charge in [0.25, 0.3) is 0 Å². The predicted octanol–water partition coefficient (Wildman–Crippen LogP) is 11.7. The fraction of sp³-hybridized carbons (Fsp3) is 0.757. The van der Waals surface area contributed by atoms with Crippen molar-refractivity contribution in [1.29, 1.82) is 0 Å². The molecule has 0 fully saturated rings. The van der Waals surface area contributed by atoms with Crippen LogP contribution in [0.4, 0.5) is 0 Å². The maximum absolute atomic E-state index is 3.32. The summed E-state index contributed by atoms with van der Waals surface area (Å²) in [5.74, 6) is 0.714. The second kappa shape index (κ2) is 24.2. The molecule has 0 aliphatic carbocycles. The van der Waals surface area contributed by atoms with Crippen LogP contribution in [0.5, 0.6) is 0 Å². The van der Waals surface area contributed by atoms with Crippen molar-refractivity contribution in [2.24, 2.45) is 5.92 Å². The van der Waals surface area contributed by atoms with E-state index in [1.807, 2.05) is 0 Å². The molecule has 0 saturated carbocycles. The van der Waals surface area contributed by atoms with Crippen LogP contribution in [0.15, 0.2) is 49.1 Å². The van der Waals surface area contributed by atoms with Gasteiger partial charge in [0.1, 0.15) is 18.4 Å². The van der Waals surface area contributed by atoms with Crippen molar-refractivity contribution in [2.45, 2.75) is 174 Å². The zero-order valence-electron chi connectivity index (χ0n) is 26.2. The summed E-state index contributed by atoms with van der Waals surface area (Å²) in [4.78, 5) is 3.32. The van der Waals surface area contributed by atoms with Gasteiger partial charge in [0.2, 0.25) is 6.33 Å². The molecule has 222 valence electrons. The van der Waals surface area contributed by atoms with Gasteiger partial charge in [0.15, 0.2) is 0 Å². The third kappa shape index (κ3) is 17.0. The van der Waals surface area contributed by atoms with Crippen molar-refractivity contribution >= 4 is 0 Å². The smallest absolute Gasteiger partial charge is 0.241 e. The van der Waals surface area contributed by atoms with Crippen LogP contribution in [-0.4, -0.2) is 4.98 Å². The Labute approximate surface area is 243 Å². The molecule has 2 rings (SSSR count). The first-order valence-electron chi connectivity index (χ1n) is 17.4. The summed E-state index contributed by atoms with van der Waals surface area (Å²) in [6.07, 6.45) is 40.4. The zero-order chi connectivity index (χ0) is 27.6. The maximum Gasteiger partial charge on any atom is 0.241 e. The lowest BCUT2D eigenvalue weighted by molar-refractivity contribution is -0.730. The lowest BCUT2D eigenvalue weighted by Crippen LogP contribution is -2.42. The molecule has 1 aromatic heterocycles. The number of aromatic amines is 1. The molecule has 2 unspecified atom stereocenters. The molecule has 1 heterocycles. The van der Waals surface area contributed by atoms with Gasteiger partial charge in [-0.3, -0.25) is 4.98 Å². The van der Waals surface area contributed by atoms with E-state index in [1.165, 1.54) is 160 Å². The Morgan fingerprint density at radius 2 is 1.03 bits per heavy atom. The lowest BCUT2D eigenvalue weighted by Gasteiger charge is -2.25. The van der Waals surface area contributed by atoms with Crippen molar-refractivity contribution in [3.8, 4) is 0 Å². The van der Waals surface area contributed by atoms with Crippen LogP contribution < -0.4 is 4.57 Å². The summed E-state index contributed by atoms with van der Waals surface area (Å²) in [5.41, 5.74) is 1.50. The Kier molecular flexibility index (Phi) is 20.9. The van der Waals surface area contributed by atoms with E-state index in [9.17, 15) is 0 Å². The van der Waals surface area contributed by atoms with Crippen LogP contribution in [0.2, 0.25) is 0 Å². The van der Waals surface area contributed by atoms with Crippen LogP contribution in [0.1, 0.15) is 173 Å². The largest absolute Gasteiger partial charge is 0.250 e. The normalized spacial score (nSPS) is 13.1. The van der Waals surface area contributed by atoms with E-state index in [-0.39, 0.29) is 0 Å². The van der Waals surface area contributed by atoms with Crippen LogP contribution in [0, 0.1) is 5.92 Å². The van der Waals surface area contributed by atoms with Crippen molar-refractivity contribution in [3.05, 3.63) is 54.6 Å². The number of hydrogen-bond acceptors (Lipinski definition) is 0. The number of imidazole rings is 1. The third-order valence-corrected chi connectivity index (χ3v) is 8.87. The molecular formula is C37H65N2+. The molecular weight excluding hydrogens is 472 g/mol. The van der Waals surface area contributed by atoms with E-state index < -0.39 is 0 Å². The highest BCUT2D eigenvalue weighted by Crippen LogP contribution is 2.29. The highest BCUT2D eigenvalue weighted by molar-refractivity contribution is 5.15. The van der Waals surface area contributed by atoms with E-state index in [2.05, 4.69) is 72.5 Å². The summed E-state index contributed by atoms with van der Waals surface area (Å²) in [6, 6.07) is 11.8.